The van der Waals surface area contributed by atoms with Gasteiger partial charge in [0.25, 0.3) is 0 Å². The number of aryl methyl sites for hydroxylation is 1. The van der Waals surface area contributed by atoms with Crippen LogP contribution in [0.1, 0.15) is 5.56 Å². The maximum absolute atomic E-state index is 4.89. The molecule has 5 heteroatoms. The van der Waals surface area contributed by atoms with Gasteiger partial charge in [-0.2, -0.15) is 0 Å². The summed E-state index contributed by atoms with van der Waals surface area (Å²) in [6.07, 6.45) is 6.19. The molecule has 0 N–H and O–H groups in total. The van der Waals surface area contributed by atoms with Crippen LogP contribution in [-0.2, 0) is 0 Å². The van der Waals surface area contributed by atoms with E-state index in [0.717, 1.165) is 56.0 Å². The van der Waals surface area contributed by atoms with Crippen LogP contribution in [0.3, 0.4) is 0 Å². The third-order valence-corrected chi connectivity index (χ3v) is 12.0. The van der Waals surface area contributed by atoms with E-state index in [1.807, 2.05) is 10.6 Å². The largest absolute Gasteiger partial charge is 0.309 e. The first-order chi connectivity index (χ1) is 29.6. The van der Waals surface area contributed by atoms with Gasteiger partial charge in [-0.15, -0.1) is 0 Å². The Morgan fingerprint density at radius 2 is 0.833 bits per heavy atom. The topological polar surface area (TPSA) is 40.0 Å². The third-order valence-electron chi connectivity index (χ3n) is 12.0. The molecule has 0 aliphatic rings. The Labute approximate surface area is 346 Å². The van der Waals surface area contributed by atoms with Crippen LogP contribution in [0.4, 0.5) is 0 Å². The Balaban J connectivity index is 1.06. The number of imidazole rings is 1. The molecule has 0 atom stereocenters. The van der Waals surface area contributed by atoms with Crippen molar-refractivity contribution in [3.8, 4) is 56.0 Å². The molecule has 0 aliphatic carbocycles. The first-order valence-electron chi connectivity index (χ1n) is 20.4. The second-order valence-corrected chi connectivity index (χ2v) is 15.7. The monoisotopic (exact) mass is 767 g/mol. The molecular formula is C55H37N5. The van der Waals surface area contributed by atoms with Gasteiger partial charge in [-0.1, -0.05) is 115 Å². The summed E-state index contributed by atoms with van der Waals surface area (Å²) in [4.78, 5) is 9.77. The Bertz CT molecular complexity index is 3420. The average Bonchev–Trinajstić information content (AvgIpc) is 3.99. The number of hydrogen-bond acceptors (Lipinski definition) is 2. The van der Waals surface area contributed by atoms with Gasteiger partial charge in [0, 0.05) is 62.6 Å². The highest BCUT2D eigenvalue weighted by atomic mass is 15.1. The molecule has 4 aromatic heterocycles. The maximum Gasteiger partial charge on any atom is 0.234 e. The van der Waals surface area contributed by atoms with Crippen molar-refractivity contribution in [1.29, 1.82) is 0 Å². The average molecular weight is 768 g/mol. The molecule has 5 nitrogen and oxygen atoms in total. The van der Waals surface area contributed by atoms with Crippen molar-refractivity contribution in [1.82, 2.24) is 23.5 Å². The van der Waals surface area contributed by atoms with Crippen LogP contribution in [0.25, 0.3) is 105 Å². The Hall–Kier alpha value is -8.02. The normalized spacial score (nSPS) is 11.8. The van der Waals surface area contributed by atoms with E-state index in [4.69, 9.17) is 9.97 Å². The molecule has 4 heterocycles. The van der Waals surface area contributed by atoms with Gasteiger partial charge in [0.2, 0.25) is 5.78 Å². The molecule has 0 saturated carbocycles. The Kier molecular flexibility index (Phi) is 7.69. The van der Waals surface area contributed by atoms with Crippen LogP contribution in [0.15, 0.2) is 207 Å². The fourth-order valence-electron chi connectivity index (χ4n) is 9.04. The van der Waals surface area contributed by atoms with E-state index in [2.05, 4.69) is 217 Å². The van der Waals surface area contributed by atoms with E-state index >= 15 is 0 Å². The van der Waals surface area contributed by atoms with Crippen LogP contribution >= 0.6 is 0 Å². The van der Waals surface area contributed by atoms with Crippen molar-refractivity contribution in [3.63, 3.8) is 0 Å². The summed E-state index contributed by atoms with van der Waals surface area (Å²) in [7, 11) is 0. The molecule has 12 rings (SSSR count). The molecular weight excluding hydrogens is 731 g/mol. The lowest BCUT2D eigenvalue weighted by Crippen LogP contribution is -1.93. The first kappa shape index (κ1) is 34.1. The predicted molar refractivity (Wildman–Crippen MR) is 248 cm³/mol. The van der Waals surface area contributed by atoms with Gasteiger partial charge in [-0.05, 0) is 114 Å². The van der Waals surface area contributed by atoms with Gasteiger partial charge in [0.05, 0.1) is 27.8 Å². The van der Waals surface area contributed by atoms with Gasteiger partial charge < -0.3 is 9.13 Å². The van der Waals surface area contributed by atoms with E-state index in [1.165, 1.54) is 49.2 Å². The third kappa shape index (κ3) is 5.55. The fraction of sp³-hybridized carbons (Fsp3) is 0.0182. The SMILES string of the molecule is Cc1ccc(-c2cn3cc(-c4cc(-c5ccc6c(c5)c5ccccc5n6-c5ccccc5)cc(-c5ccc6c(c5)c5ccccc5n6-c5ccccc5)c4)cnc3n2)cc1. The summed E-state index contributed by atoms with van der Waals surface area (Å²) in [6, 6.07) is 68.0. The molecule has 0 aliphatic heterocycles. The molecule has 0 bridgehead atoms. The number of aromatic nitrogens is 5. The predicted octanol–water partition coefficient (Wildman–Crippen LogP) is 13.9. The van der Waals surface area contributed by atoms with Crippen molar-refractivity contribution in [2.75, 3.05) is 0 Å². The molecule has 0 amide bonds. The Morgan fingerprint density at radius 1 is 0.367 bits per heavy atom. The lowest BCUT2D eigenvalue weighted by Gasteiger charge is -2.13. The second-order valence-electron chi connectivity index (χ2n) is 15.7. The van der Waals surface area contributed by atoms with Crippen molar-refractivity contribution < 1.29 is 0 Å². The van der Waals surface area contributed by atoms with Crippen molar-refractivity contribution >= 4 is 49.4 Å². The highest BCUT2D eigenvalue weighted by molar-refractivity contribution is 6.12. The van der Waals surface area contributed by atoms with Gasteiger partial charge in [0.1, 0.15) is 0 Å². The molecule has 282 valence electrons. The number of rotatable bonds is 6. The number of nitrogens with zero attached hydrogens (tertiary/aromatic N) is 5. The lowest BCUT2D eigenvalue weighted by atomic mass is 9.93. The summed E-state index contributed by atoms with van der Waals surface area (Å²) >= 11 is 0. The van der Waals surface area contributed by atoms with Gasteiger partial charge >= 0.3 is 0 Å². The Morgan fingerprint density at radius 3 is 1.38 bits per heavy atom. The zero-order valence-corrected chi connectivity index (χ0v) is 32.9. The molecule has 8 aromatic carbocycles. The summed E-state index contributed by atoms with van der Waals surface area (Å²) < 4.78 is 6.79. The first-order valence-corrected chi connectivity index (χ1v) is 20.4. The van der Waals surface area contributed by atoms with Gasteiger partial charge in [-0.25, -0.2) is 9.97 Å². The number of hydrogen-bond donors (Lipinski definition) is 0. The zero-order chi connectivity index (χ0) is 39.7. The van der Waals surface area contributed by atoms with Gasteiger partial charge in [-0.3, -0.25) is 4.40 Å². The number of benzene rings is 8. The molecule has 0 fully saturated rings. The van der Waals surface area contributed by atoms with Crippen LogP contribution in [0.5, 0.6) is 0 Å². The summed E-state index contributed by atoms with van der Waals surface area (Å²) in [5, 5.41) is 4.90. The quantitative estimate of drug-likeness (QED) is 0.169. The van der Waals surface area contributed by atoms with Crippen LogP contribution in [-0.4, -0.2) is 23.5 Å². The number of fused-ring (bicyclic) bond motifs is 7. The number of para-hydroxylation sites is 4. The highest BCUT2D eigenvalue weighted by Gasteiger charge is 2.17. The van der Waals surface area contributed by atoms with Crippen LogP contribution in [0.2, 0.25) is 0 Å². The maximum atomic E-state index is 4.89. The van der Waals surface area contributed by atoms with Crippen LogP contribution < -0.4 is 0 Å². The minimum atomic E-state index is 0.672. The molecule has 12 aromatic rings. The fourth-order valence-corrected chi connectivity index (χ4v) is 9.04. The molecule has 0 unspecified atom stereocenters. The summed E-state index contributed by atoms with van der Waals surface area (Å²) in [6.45, 7) is 2.10. The highest BCUT2D eigenvalue weighted by Crippen LogP contribution is 2.40. The van der Waals surface area contributed by atoms with Crippen molar-refractivity contribution in [2.24, 2.45) is 0 Å². The van der Waals surface area contributed by atoms with E-state index in [0.29, 0.717) is 5.78 Å². The van der Waals surface area contributed by atoms with Crippen molar-refractivity contribution in [2.45, 2.75) is 6.92 Å². The van der Waals surface area contributed by atoms with Crippen LogP contribution in [0, 0.1) is 6.92 Å². The molecule has 0 spiro atoms. The smallest absolute Gasteiger partial charge is 0.234 e. The lowest BCUT2D eigenvalue weighted by molar-refractivity contribution is 1.11. The van der Waals surface area contributed by atoms with Crippen molar-refractivity contribution in [3.05, 3.63) is 212 Å². The van der Waals surface area contributed by atoms with E-state index < -0.39 is 0 Å². The second kappa shape index (κ2) is 13.5. The molecule has 60 heavy (non-hydrogen) atoms. The van der Waals surface area contributed by atoms with Gasteiger partial charge in [0.15, 0.2) is 0 Å². The molecule has 0 saturated heterocycles. The minimum absolute atomic E-state index is 0.672. The zero-order valence-electron chi connectivity index (χ0n) is 32.9. The van der Waals surface area contributed by atoms with E-state index in [1.54, 1.807) is 0 Å². The molecule has 0 radical (unpaired) electrons. The van der Waals surface area contributed by atoms with E-state index in [-0.39, 0.29) is 0 Å². The minimum Gasteiger partial charge on any atom is -0.309 e. The standard InChI is InChI=1S/C55H37N5/c1-36-20-22-37(23-21-36)50-35-58-34-43(33-56-55(58)57-50)42-29-40(38-24-26-53-48(31-38)46-16-8-10-18-51(46)59(53)44-12-4-2-5-13-44)28-41(30-42)39-25-27-54-49(32-39)47-17-9-11-19-52(47)60(54)45-14-6-3-7-15-45/h2-35H,1H3. The summed E-state index contributed by atoms with van der Waals surface area (Å²) in [5.41, 5.74) is 16.9. The summed E-state index contributed by atoms with van der Waals surface area (Å²) in [5.74, 6) is 0.672. The van der Waals surface area contributed by atoms with E-state index in [9.17, 15) is 0 Å².